The van der Waals surface area contributed by atoms with E-state index in [0.29, 0.717) is 23.4 Å². The molecule has 0 spiro atoms. The van der Waals surface area contributed by atoms with Crippen LogP contribution in [0, 0.1) is 5.82 Å². The van der Waals surface area contributed by atoms with Gasteiger partial charge in [-0.15, -0.1) is 0 Å². The fourth-order valence-electron chi connectivity index (χ4n) is 1.94. The highest BCUT2D eigenvalue weighted by Crippen LogP contribution is 2.22. The average molecular weight is 300 g/mol. The number of rotatable bonds is 5. The second-order valence-corrected chi connectivity index (χ2v) is 4.80. The van der Waals surface area contributed by atoms with Gasteiger partial charge in [0.25, 0.3) is 5.91 Å². The maximum absolute atomic E-state index is 12.9. The molecular weight excluding hydrogens is 283 g/mol. The van der Waals surface area contributed by atoms with Gasteiger partial charge >= 0.3 is 0 Å². The lowest BCUT2D eigenvalue weighted by Gasteiger charge is -2.12. The first kappa shape index (κ1) is 15.7. The van der Waals surface area contributed by atoms with E-state index in [1.807, 2.05) is 6.92 Å². The largest absolute Gasteiger partial charge is 0.324 e. The number of para-hydroxylation sites is 2. The smallest absolute Gasteiger partial charge is 0.255 e. The Labute approximate surface area is 128 Å². The second-order valence-electron chi connectivity index (χ2n) is 4.80. The number of benzene rings is 2. The third-order valence-electron chi connectivity index (χ3n) is 3.03. The van der Waals surface area contributed by atoms with Crippen molar-refractivity contribution in [3.63, 3.8) is 0 Å². The maximum atomic E-state index is 12.9. The highest BCUT2D eigenvalue weighted by atomic mass is 19.1. The molecule has 0 aliphatic rings. The van der Waals surface area contributed by atoms with Gasteiger partial charge in [-0.1, -0.05) is 19.1 Å². The second kappa shape index (κ2) is 7.36. The van der Waals surface area contributed by atoms with Crippen LogP contribution < -0.4 is 10.6 Å². The molecule has 5 heteroatoms. The Morgan fingerprint density at radius 1 is 0.955 bits per heavy atom. The molecule has 0 saturated carbocycles. The number of anilines is 2. The molecule has 2 amide bonds. The Balaban J connectivity index is 2.13. The number of halogens is 1. The van der Waals surface area contributed by atoms with Crippen molar-refractivity contribution in [2.45, 2.75) is 19.8 Å². The van der Waals surface area contributed by atoms with E-state index < -0.39 is 5.82 Å². The van der Waals surface area contributed by atoms with Crippen molar-refractivity contribution in [1.82, 2.24) is 0 Å². The van der Waals surface area contributed by atoms with E-state index >= 15 is 0 Å². The summed E-state index contributed by atoms with van der Waals surface area (Å²) in [6, 6.07) is 12.2. The molecule has 0 fully saturated rings. The number of amides is 2. The van der Waals surface area contributed by atoms with Crippen LogP contribution in [-0.4, -0.2) is 11.8 Å². The van der Waals surface area contributed by atoms with Gasteiger partial charge in [-0.05, 0) is 42.8 Å². The fraction of sp³-hybridized carbons (Fsp3) is 0.176. The molecule has 0 aliphatic heterocycles. The molecule has 0 atom stereocenters. The minimum atomic E-state index is -0.399. The van der Waals surface area contributed by atoms with Crippen LogP contribution in [0.4, 0.5) is 15.8 Å². The van der Waals surface area contributed by atoms with Crippen LogP contribution in [0.15, 0.2) is 48.5 Å². The van der Waals surface area contributed by atoms with Crippen molar-refractivity contribution in [2.24, 2.45) is 0 Å². The monoisotopic (exact) mass is 300 g/mol. The summed E-state index contributed by atoms with van der Waals surface area (Å²) in [7, 11) is 0. The summed E-state index contributed by atoms with van der Waals surface area (Å²) in [5.74, 6) is -0.869. The highest BCUT2D eigenvalue weighted by molar-refractivity contribution is 6.07. The van der Waals surface area contributed by atoms with Gasteiger partial charge in [-0.3, -0.25) is 9.59 Å². The molecule has 114 valence electrons. The zero-order chi connectivity index (χ0) is 15.9. The van der Waals surface area contributed by atoms with Gasteiger partial charge in [0.1, 0.15) is 5.82 Å². The summed E-state index contributed by atoms with van der Waals surface area (Å²) in [5, 5.41) is 5.48. The molecule has 2 N–H and O–H groups in total. The van der Waals surface area contributed by atoms with E-state index in [1.165, 1.54) is 24.3 Å². The Kier molecular flexibility index (Phi) is 5.25. The van der Waals surface area contributed by atoms with E-state index in [9.17, 15) is 14.0 Å². The summed E-state index contributed by atoms with van der Waals surface area (Å²) in [4.78, 5) is 23.8. The van der Waals surface area contributed by atoms with Crippen molar-refractivity contribution in [3.05, 3.63) is 59.9 Å². The molecule has 0 aliphatic carbocycles. The number of carbonyl (C=O) groups excluding carboxylic acids is 2. The quantitative estimate of drug-likeness (QED) is 0.882. The normalized spacial score (nSPS) is 10.1. The van der Waals surface area contributed by atoms with Crippen LogP contribution in [-0.2, 0) is 4.79 Å². The van der Waals surface area contributed by atoms with Crippen molar-refractivity contribution < 1.29 is 14.0 Å². The number of carbonyl (C=O) groups is 2. The summed E-state index contributed by atoms with van der Waals surface area (Å²) >= 11 is 0. The molecule has 4 nitrogen and oxygen atoms in total. The summed E-state index contributed by atoms with van der Waals surface area (Å²) in [6.07, 6.45) is 1.16. The molecule has 2 aromatic rings. The predicted octanol–water partition coefficient (Wildman–Crippen LogP) is 3.82. The number of hydrogen-bond donors (Lipinski definition) is 2. The van der Waals surface area contributed by atoms with Crippen LogP contribution in [0.2, 0.25) is 0 Å². The van der Waals surface area contributed by atoms with Gasteiger partial charge in [-0.2, -0.15) is 0 Å². The summed E-state index contributed by atoms with van der Waals surface area (Å²) < 4.78 is 12.9. The molecule has 22 heavy (non-hydrogen) atoms. The molecule has 2 rings (SSSR count). The number of hydrogen-bond acceptors (Lipinski definition) is 2. The van der Waals surface area contributed by atoms with Crippen molar-refractivity contribution >= 4 is 23.2 Å². The Morgan fingerprint density at radius 3 is 2.14 bits per heavy atom. The molecular formula is C17H17FN2O2. The lowest BCUT2D eigenvalue weighted by molar-refractivity contribution is -0.116. The fourth-order valence-corrected chi connectivity index (χ4v) is 1.94. The van der Waals surface area contributed by atoms with Gasteiger partial charge in [0, 0.05) is 12.0 Å². The van der Waals surface area contributed by atoms with E-state index in [-0.39, 0.29) is 11.8 Å². The standard InChI is InChI=1S/C17H17FN2O2/c1-2-5-16(21)19-14-6-3-4-7-15(14)20-17(22)12-8-10-13(18)11-9-12/h3-4,6-11H,2,5H2,1H3,(H,19,21)(H,20,22). The van der Waals surface area contributed by atoms with Crippen LogP contribution in [0.5, 0.6) is 0 Å². The third-order valence-corrected chi connectivity index (χ3v) is 3.03. The van der Waals surface area contributed by atoms with Crippen LogP contribution in [0.1, 0.15) is 30.1 Å². The first-order chi connectivity index (χ1) is 10.6. The Bertz CT molecular complexity index is 669. The van der Waals surface area contributed by atoms with E-state index in [2.05, 4.69) is 10.6 Å². The van der Waals surface area contributed by atoms with Gasteiger partial charge in [0.2, 0.25) is 5.91 Å². The van der Waals surface area contributed by atoms with Crippen molar-refractivity contribution in [2.75, 3.05) is 10.6 Å². The zero-order valence-corrected chi connectivity index (χ0v) is 12.2. The van der Waals surface area contributed by atoms with E-state index in [1.54, 1.807) is 24.3 Å². The molecule has 0 heterocycles. The minimum absolute atomic E-state index is 0.106. The van der Waals surface area contributed by atoms with Crippen LogP contribution in [0.25, 0.3) is 0 Å². The molecule has 0 radical (unpaired) electrons. The first-order valence-corrected chi connectivity index (χ1v) is 7.06. The van der Waals surface area contributed by atoms with Gasteiger partial charge < -0.3 is 10.6 Å². The maximum Gasteiger partial charge on any atom is 0.255 e. The molecule has 0 aromatic heterocycles. The topological polar surface area (TPSA) is 58.2 Å². The average Bonchev–Trinajstić information content (AvgIpc) is 2.50. The third kappa shape index (κ3) is 4.15. The Hall–Kier alpha value is -2.69. The SMILES string of the molecule is CCCC(=O)Nc1ccccc1NC(=O)c1ccc(F)cc1. The Morgan fingerprint density at radius 2 is 1.55 bits per heavy atom. The number of nitrogens with one attached hydrogen (secondary N) is 2. The molecule has 0 bridgehead atoms. The molecule has 0 unspecified atom stereocenters. The predicted molar refractivity (Wildman–Crippen MR) is 84.3 cm³/mol. The van der Waals surface area contributed by atoms with E-state index in [0.717, 1.165) is 6.42 Å². The lowest BCUT2D eigenvalue weighted by Crippen LogP contribution is -2.16. The zero-order valence-electron chi connectivity index (χ0n) is 12.2. The molecule has 0 saturated heterocycles. The summed E-state index contributed by atoms with van der Waals surface area (Å²) in [6.45, 7) is 1.92. The van der Waals surface area contributed by atoms with Crippen molar-refractivity contribution in [1.29, 1.82) is 0 Å². The summed E-state index contributed by atoms with van der Waals surface area (Å²) in [5.41, 5.74) is 1.38. The van der Waals surface area contributed by atoms with Gasteiger partial charge in [0.15, 0.2) is 0 Å². The first-order valence-electron chi connectivity index (χ1n) is 7.06. The minimum Gasteiger partial charge on any atom is -0.324 e. The van der Waals surface area contributed by atoms with Crippen LogP contribution in [0.3, 0.4) is 0 Å². The molecule has 2 aromatic carbocycles. The van der Waals surface area contributed by atoms with E-state index in [4.69, 9.17) is 0 Å². The van der Waals surface area contributed by atoms with Gasteiger partial charge in [0.05, 0.1) is 11.4 Å². The van der Waals surface area contributed by atoms with Crippen molar-refractivity contribution in [3.8, 4) is 0 Å². The van der Waals surface area contributed by atoms with Gasteiger partial charge in [-0.25, -0.2) is 4.39 Å². The van der Waals surface area contributed by atoms with Crippen LogP contribution >= 0.6 is 0 Å². The highest BCUT2D eigenvalue weighted by Gasteiger charge is 2.10. The lowest BCUT2D eigenvalue weighted by atomic mass is 10.2.